The van der Waals surface area contributed by atoms with Gasteiger partial charge >= 0.3 is 0 Å². The third-order valence-corrected chi connectivity index (χ3v) is 5.54. The van der Waals surface area contributed by atoms with Gasteiger partial charge in [0.15, 0.2) is 11.6 Å². The Labute approximate surface area is 160 Å². The van der Waals surface area contributed by atoms with Crippen molar-refractivity contribution in [1.29, 1.82) is 0 Å². The van der Waals surface area contributed by atoms with Crippen LogP contribution in [0.4, 0.5) is 14.5 Å². The van der Waals surface area contributed by atoms with E-state index in [4.69, 9.17) is 0 Å². The molecular formula is C21H19F2N5. The first-order valence-corrected chi connectivity index (χ1v) is 9.37. The van der Waals surface area contributed by atoms with Crippen molar-refractivity contribution in [3.63, 3.8) is 0 Å². The maximum atomic E-state index is 13.5. The van der Waals surface area contributed by atoms with Gasteiger partial charge in [0.05, 0.1) is 5.69 Å². The Balaban J connectivity index is 1.32. The van der Waals surface area contributed by atoms with E-state index in [1.54, 1.807) is 12.3 Å². The summed E-state index contributed by atoms with van der Waals surface area (Å²) in [6, 6.07) is 10.2. The third kappa shape index (κ3) is 2.93. The highest BCUT2D eigenvalue weighted by molar-refractivity contribution is 5.91. The second-order valence-corrected chi connectivity index (χ2v) is 7.17. The Morgan fingerprint density at radius 3 is 2.68 bits per heavy atom. The van der Waals surface area contributed by atoms with Gasteiger partial charge in [0.2, 0.25) is 0 Å². The Kier molecular flexibility index (Phi) is 4.07. The zero-order chi connectivity index (χ0) is 19.1. The standard InChI is InChI=1S/C21H19F2N5/c22-17-2-1-14(11-18(17)23)28-9-5-13(6-10-28)19-12-20(27-26-19)15-3-7-24-21-16(15)4-8-25-21/h1-4,7-8,11-13H,5-6,9-10H2,(H,24,25)(H,26,27). The van der Waals surface area contributed by atoms with E-state index >= 15 is 0 Å². The molecule has 3 aromatic heterocycles. The maximum Gasteiger partial charge on any atom is 0.160 e. The SMILES string of the molecule is Fc1ccc(N2CCC(c3cc(-c4ccnc5[nH]ccc45)n[nH]3)CC2)cc1F. The summed E-state index contributed by atoms with van der Waals surface area (Å²) in [4.78, 5) is 9.55. The monoisotopic (exact) mass is 379 g/mol. The summed E-state index contributed by atoms with van der Waals surface area (Å²) in [5, 5.41) is 8.76. The molecule has 5 rings (SSSR count). The summed E-state index contributed by atoms with van der Waals surface area (Å²) in [5.41, 5.74) is 4.65. The van der Waals surface area contributed by atoms with Crippen LogP contribution < -0.4 is 4.90 Å². The number of pyridine rings is 1. The van der Waals surface area contributed by atoms with Gasteiger partial charge in [-0.15, -0.1) is 0 Å². The first-order chi connectivity index (χ1) is 13.7. The Bertz CT molecular complexity index is 1120. The van der Waals surface area contributed by atoms with E-state index in [1.165, 1.54) is 12.1 Å². The van der Waals surface area contributed by atoms with Crippen molar-refractivity contribution in [2.75, 3.05) is 18.0 Å². The number of piperidine rings is 1. The molecule has 1 aromatic carbocycles. The number of halogens is 2. The summed E-state index contributed by atoms with van der Waals surface area (Å²) in [6.07, 6.45) is 5.51. The molecule has 0 saturated carbocycles. The minimum Gasteiger partial charge on any atom is -0.371 e. The molecule has 0 amide bonds. The highest BCUT2D eigenvalue weighted by Gasteiger charge is 2.23. The lowest BCUT2D eigenvalue weighted by Gasteiger charge is -2.33. The Morgan fingerprint density at radius 2 is 1.86 bits per heavy atom. The van der Waals surface area contributed by atoms with E-state index in [0.717, 1.165) is 59.6 Å². The molecule has 4 aromatic rings. The molecule has 28 heavy (non-hydrogen) atoms. The van der Waals surface area contributed by atoms with E-state index in [-0.39, 0.29) is 0 Å². The van der Waals surface area contributed by atoms with E-state index in [9.17, 15) is 8.78 Å². The zero-order valence-electron chi connectivity index (χ0n) is 15.1. The largest absolute Gasteiger partial charge is 0.371 e. The first kappa shape index (κ1) is 16.9. The number of H-pyrrole nitrogens is 2. The average Bonchev–Trinajstić information content (AvgIpc) is 3.39. The minimum atomic E-state index is -0.809. The number of aromatic amines is 2. The molecule has 2 N–H and O–H groups in total. The normalized spacial score (nSPS) is 15.4. The van der Waals surface area contributed by atoms with Gasteiger partial charge in [0, 0.05) is 59.8 Å². The van der Waals surface area contributed by atoms with Crippen molar-refractivity contribution in [3.05, 3.63) is 66.1 Å². The summed E-state index contributed by atoms with van der Waals surface area (Å²) in [5.74, 6) is -1.24. The van der Waals surface area contributed by atoms with E-state index < -0.39 is 11.6 Å². The molecule has 1 aliphatic rings. The zero-order valence-corrected chi connectivity index (χ0v) is 15.1. The number of nitrogens with one attached hydrogen (secondary N) is 2. The molecular weight excluding hydrogens is 360 g/mol. The molecule has 0 aliphatic carbocycles. The number of aromatic nitrogens is 4. The lowest BCUT2D eigenvalue weighted by molar-refractivity contribution is 0.489. The lowest BCUT2D eigenvalue weighted by atomic mass is 9.92. The predicted molar refractivity (Wildman–Crippen MR) is 104 cm³/mol. The number of hydrogen-bond acceptors (Lipinski definition) is 3. The van der Waals surface area contributed by atoms with E-state index in [2.05, 4.69) is 31.1 Å². The maximum absolute atomic E-state index is 13.5. The molecule has 0 radical (unpaired) electrons. The van der Waals surface area contributed by atoms with Crippen LogP contribution in [-0.4, -0.2) is 33.3 Å². The highest BCUT2D eigenvalue weighted by Crippen LogP contribution is 2.33. The quantitative estimate of drug-likeness (QED) is 0.546. The van der Waals surface area contributed by atoms with Crippen molar-refractivity contribution in [3.8, 4) is 11.3 Å². The molecule has 0 atom stereocenters. The molecule has 4 heterocycles. The predicted octanol–water partition coefficient (Wildman–Crippen LogP) is 4.62. The number of hydrogen-bond donors (Lipinski definition) is 2. The van der Waals surface area contributed by atoms with Crippen LogP contribution in [0.25, 0.3) is 22.3 Å². The summed E-state index contributed by atoms with van der Waals surface area (Å²) >= 11 is 0. The summed E-state index contributed by atoms with van der Waals surface area (Å²) in [6.45, 7) is 1.59. The highest BCUT2D eigenvalue weighted by atomic mass is 19.2. The summed E-state index contributed by atoms with van der Waals surface area (Å²) < 4.78 is 26.7. The number of benzene rings is 1. The fourth-order valence-electron chi connectivity index (χ4n) is 4.00. The summed E-state index contributed by atoms with van der Waals surface area (Å²) in [7, 11) is 0. The van der Waals surface area contributed by atoms with Crippen molar-refractivity contribution >= 4 is 16.7 Å². The number of rotatable bonds is 3. The van der Waals surface area contributed by atoms with Crippen LogP contribution >= 0.6 is 0 Å². The van der Waals surface area contributed by atoms with Crippen LogP contribution in [0.15, 0.2) is 48.8 Å². The third-order valence-electron chi connectivity index (χ3n) is 5.54. The van der Waals surface area contributed by atoms with Crippen LogP contribution in [0.1, 0.15) is 24.5 Å². The number of anilines is 1. The molecule has 7 heteroatoms. The van der Waals surface area contributed by atoms with Gasteiger partial charge in [-0.3, -0.25) is 5.10 Å². The van der Waals surface area contributed by atoms with Crippen LogP contribution in [0.3, 0.4) is 0 Å². The van der Waals surface area contributed by atoms with Gasteiger partial charge in [-0.2, -0.15) is 5.10 Å². The van der Waals surface area contributed by atoms with Crippen LogP contribution in [0, 0.1) is 11.6 Å². The average molecular weight is 379 g/mol. The van der Waals surface area contributed by atoms with Gasteiger partial charge in [-0.05, 0) is 43.2 Å². The van der Waals surface area contributed by atoms with Gasteiger partial charge in [-0.1, -0.05) is 0 Å². The van der Waals surface area contributed by atoms with E-state index in [0.29, 0.717) is 5.92 Å². The number of nitrogens with zero attached hydrogens (tertiary/aromatic N) is 3. The van der Waals surface area contributed by atoms with Gasteiger partial charge in [0.1, 0.15) is 5.65 Å². The van der Waals surface area contributed by atoms with Crippen molar-refractivity contribution in [2.45, 2.75) is 18.8 Å². The van der Waals surface area contributed by atoms with Crippen LogP contribution in [0.2, 0.25) is 0 Å². The molecule has 142 valence electrons. The minimum absolute atomic E-state index is 0.367. The second kappa shape index (κ2) is 6.74. The fraction of sp³-hybridized carbons (Fsp3) is 0.238. The molecule has 5 nitrogen and oxygen atoms in total. The first-order valence-electron chi connectivity index (χ1n) is 9.37. The van der Waals surface area contributed by atoms with Crippen molar-refractivity contribution in [1.82, 2.24) is 20.2 Å². The molecule has 1 aliphatic heterocycles. The molecule has 0 bridgehead atoms. The van der Waals surface area contributed by atoms with Crippen LogP contribution in [-0.2, 0) is 0 Å². The van der Waals surface area contributed by atoms with Gasteiger partial charge in [0.25, 0.3) is 0 Å². The Hall–Kier alpha value is -3.22. The van der Waals surface area contributed by atoms with Crippen molar-refractivity contribution < 1.29 is 8.78 Å². The van der Waals surface area contributed by atoms with Crippen molar-refractivity contribution in [2.24, 2.45) is 0 Å². The smallest absolute Gasteiger partial charge is 0.160 e. The molecule has 1 saturated heterocycles. The Morgan fingerprint density at radius 1 is 1.00 bits per heavy atom. The molecule has 0 spiro atoms. The topological polar surface area (TPSA) is 60.6 Å². The number of fused-ring (bicyclic) bond motifs is 1. The molecule has 1 fully saturated rings. The lowest BCUT2D eigenvalue weighted by Crippen LogP contribution is -2.33. The second-order valence-electron chi connectivity index (χ2n) is 7.17. The molecule has 0 unspecified atom stereocenters. The van der Waals surface area contributed by atoms with E-state index in [1.807, 2.05) is 18.3 Å². The van der Waals surface area contributed by atoms with Gasteiger partial charge in [-0.25, -0.2) is 13.8 Å². The fourth-order valence-corrected chi connectivity index (χ4v) is 4.00. The van der Waals surface area contributed by atoms with Gasteiger partial charge < -0.3 is 9.88 Å². The van der Waals surface area contributed by atoms with Crippen LogP contribution in [0.5, 0.6) is 0 Å².